The van der Waals surface area contributed by atoms with Crippen LogP contribution in [0.1, 0.15) is 39.9 Å². The zero-order valence-corrected chi connectivity index (χ0v) is 42.3. The van der Waals surface area contributed by atoms with Gasteiger partial charge in [-0.15, -0.1) is 0 Å². The molecule has 0 saturated heterocycles. The third-order valence-corrected chi connectivity index (χ3v) is 16.7. The van der Waals surface area contributed by atoms with Crippen LogP contribution in [0.15, 0.2) is 273 Å². The van der Waals surface area contributed by atoms with Crippen LogP contribution in [0, 0.1) is 0 Å². The van der Waals surface area contributed by atoms with Gasteiger partial charge in [-0.3, -0.25) is 0 Å². The van der Waals surface area contributed by atoms with Gasteiger partial charge in [-0.1, -0.05) is 158 Å². The Kier molecular flexibility index (Phi) is 9.64. The first-order valence-corrected chi connectivity index (χ1v) is 26.9. The van der Waals surface area contributed by atoms with Crippen molar-refractivity contribution in [1.82, 2.24) is 9.13 Å². The number of rotatable bonds is 8. The van der Waals surface area contributed by atoms with E-state index in [2.05, 4.69) is 298 Å². The molecule has 16 rings (SSSR count). The van der Waals surface area contributed by atoms with Gasteiger partial charge in [0.1, 0.15) is 0 Å². The van der Waals surface area contributed by atoms with Crippen molar-refractivity contribution in [3.63, 3.8) is 0 Å². The Morgan fingerprint density at radius 3 is 1.32 bits per heavy atom. The summed E-state index contributed by atoms with van der Waals surface area (Å²) in [4.78, 5) is 4.93. The van der Waals surface area contributed by atoms with Crippen LogP contribution < -0.4 is 9.80 Å². The molecule has 1 spiro atoms. The summed E-state index contributed by atoms with van der Waals surface area (Å²) in [6.07, 6.45) is 6.68. The molecule has 3 aliphatic rings. The first kappa shape index (κ1) is 43.5. The molecule has 0 N–H and O–H groups in total. The van der Waals surface area contributed by atoms with E-state index in [0.717, 1.165) is 52.7 Å². The number of para-hydroxylation sites is 5. The molecule has 3 aliphatic carbocycles. The molecule has 13 aromatic rings. The van der Waals surface area contributed by atoms with Crippen LogP contribution in [-0.2, 0) is 11.8 Å². The van der Waals surface area contributed by atoms with Crippen molar-refractivity contribution in [3.8, 4) is 33.6 Å². The van der Waals surface area contributed by atoms with Crippen LogP contribution in [0.5, 0.6) is 0 Å². The van der Waals surface area contributed by atoms with Gasteiger partial charge >= 0.3 is 0 Å². The molecule has 0 atom stereocenters. The third kappa shape index (κ3) is 6.39. The smallest absolute Gasteiger partial charge is 0.0727 e. The molecule has 0 amide bonds. The second-order valence-electron chi connectivity index (χ2n) is 20.7. The molecule has 0 fully saturated rings. The standard InChI is InChI=1S/C73H50N4/c1-5-21-49(22-6-1)74(53-39-43-71-63(45-53)61-31-15-19-35-69(61)76(71)51-25-9-3-10-26-51)55-37-41-59-60-42-38-56(48-68(60)73(67(59)47-55)65-33-17-13-29-57(65)58-30-14-18-34-66(58)73)75(50-23-7-2-8-24-50)54-40-44-72-64(46-54)62-32-16-20-36-70(62)77(72)52-27-11-4-12-28-52/h1-15,17-31,33-48H,16,32H2. The van der Waals surface area contributed by atoms with Crippen LogP contribution in [0.2, 0.25) is 0 Å². The van der Waals surface area contributed by atoms with E-state index in [0.29, 0.717) is 0 Å². The molecule has 0 saturated carbocycles. The molecule has 77 heavy (non-hydrogen) atoms. The maximum absolute atomic E-state index is 2.52. The molecule has 0 aliphatic heterocycles. The van der Waals surface area contributed by atoms with Crippen LogP contribution in [0.4, 0.5) is 34.1 Å². The van der Waals surface area contributed by atoms with Crippen molar-refractivity contribution in [2.75, 3.05) is 9.80 Å². The van der Waals surface area contributed by atoms with Crippen molar-refractivity contribution in [3.05, 3.63) is 307 Å². The van der Waals surface area contributed by atoms with Gasteiger partial charge in [0, 0.05) is 67.4 Å². The van der Waals surface area contributed by atoms with Crippen LogP contribution >= 0.6 is 0 Å². The second kappa shape index (κ2) is 17.1. The average molecular weight is 983 g/mol. The lowest BCUT2D eigenvalue weighted by Crippen LogP contribution is -2.26. The van der Waals surface area contributed by atoms with Crippen molar-refractivity contribution in [1.29, 1.82) is 0 Å². The summed E-state index contributed by atoms with van der Waals surface area (Å²) in [5.41, 5.74) is 25.0. The van der Waals surface area contributed by atoms with Crippen molar-refractivity contribution >= 4 is 72.9 Å². The summed E-state index contributed by atoms with van der Waals surface area (Å²) in [5, 5.41) is 3.74. The van der Waals surface area contributed by atoms with Crippen LogP contribution in [-0.4, -0.2) is 9.13 Å². The molecule has 11 aromatic carbocycles. The minimum absolute atomic E-state index is 0.607. The Balaban J connectivity index is 0.909. The number of allylic oxidation sites excluding steroid dienone is 1. The zero-order chi connectivity index (χ0) is 50.6. The SMILES string of the molecule is C1=Cc2c(c3cc(N(c4ccccc4)c4ccc5c(c4)C4(c6ccccc6-c6ccccc64)c4cc(N(c6ccccc6)c6ccc7c(c6)c6ccccc6n7-c6ccccc6)ccc4-5)ccc3n2-c2ccccc2)CC1. The first-order valence-electron chi connectivity index (χ1n) is 26.9. The Hall–Kier alpha value is -9.90. The Morgan fingerprint density at radius 2 is 0.740 bits per heavy atom. The third-order valence-electron chi connectivity index (χ3n) is 16.7. The molecule has 362 valence electrons. The fraction of sp³-hybridized carbons (Fsp3) is 0.0411. The molecule has 0 unspecified atom stereocenters. The van der Waals surface area contributed by atoms with Gasteiger partial charge in [0.05, 0.1) is 22.0 Å². The number of fused-ring (bicyclic) bond motifs is 16. The molecule has 0 radical (unpaired) electrons. The highest BCUT2D eigenvalue weighted by molar-refractivity contribution is 6.11. The van der Waals surface area contributed by atoms with Gasteiger partial charge in [0.2, 0.25) is 0 Å². The zero-order valence-electron chi connectivity index (χ0n) is 42.3. The number of aryl methyl sites for hydroxylation is 1. The van der Waals surface area contributed by atoms with Gasteiger partial charge < -0.3 is 18.9 Å². The predicted molar refractivity (Wildman–Crippen MR) is 321 cm³/mol. The maximum Gasteiger partial charge on any atom is 0.0727 e. The molecule has 4 nitrogen and oxygen atoms in total. The largest absolute Gasteiger partial charge is 0.310 e. The molecular weight excluding hydrogens is 933 g/mol. The number of nitrogens with zero attached hydrogens (tertiary/aromatic N) is 4. The van der Waals surface area contributed by atoms with Gasteiger partial charge in [0.15, 0.2) is 0 Å². The van der Waals surface area contributed by atoms with Gasteiger partial charge in [-0.05, 0) is 184 Å². The van der Waals surface area contributed by atoms with Crippen molar-refractivity contribution < 1.29 is 0 Å². The summed E-state index contributed by atoms with van der Waals surface area (Å²) >= 11 is 0. The van der Waals surface area contributed by atoms with Gasteiger partial charge in [-0.25, -0.2) is 0 Å². The number of anilines is 6. The molecule has 2 aromatic heterocycles. The minimum atomic E-state index is -0.607. The summed E-state index contributed by atoms with van der Waals surface area (Å²) in [7, 11) is 0. The summed E-state index contributed by atoms with van der Waals surface area (Å²) < 4.78 is 4.84. The van der Waals surface area contributed by atoms with E-state index in [9.17, 15) is 0 Å². The first-order chi connectivity index (χ1) is 38.2. The molecule has 2 heterocycles. The topological polar surface area (TPSA) is 16.3 Å². The fourth-order valence-corrected chi connectivity index (χ4v) is 13.6. The highest BCUT2D eigenvalue weighted by Crippen LogP contribution is 2.64. The maximum atomic E-state index is 2.52. The quantitative estimate of drug-likeness (QED) is 0.151. The van der Waals surface area contributed by atoms with E-state index < -0.39 is 5.41 Å². The second-order valence-corrected chi connectivity index (χ2v) is 20.7. The minimum Gasteiger partial charge on any atom is -0.310 e. The number of aromatic nitrogens is 2. The van der Waals surface area contributed by atoms with E-state index in [1.54, 1.807) is 0 Å². The molecule has 4 heteroatoms. The number of hydrogen-bond donors (Lipinski definition) is 0. The number of benzene rings is 11. The van der Waals surface area contributed by atoms with Crippen molar-refractivity contribution in [2.24, 2.45) is 0 Å². The lowest BCUT2D eigenvalue weighted by Gasteiger charge is -2.33. The Morgan fingerprint density at radius 1 is 0.312 bits per heavy atom. The van der Waals surface area contributed by atoms with Gasteiger partial charge in [-0.2, -0.15) is 0 Å². The van der Waals surface area contributed by atoms with E-state index >= 15 is 0 Å². The summed E-state index contributed by atoms with van der Waals surface area (Å²) in [5.74, 6) is 0. The lowest BCUT2D eigenvalue weighted by molar-refractivity contribution is 0.793. The lowest BCUT2D eigenvalue weighted by atomic mass is 9.70. The predicted octanol–water partition coefficient (Wildman–Crippen LogP) is 19.0. The van der Waals surface area contributed by atoms with E-state index in [-0.39, 0.29) is 0 Å². The highest BCUT2D eigenvalue weighted by atomic mass is 15.2. The van der Waals surface area contributed by atoms with Crippen LogP contribution in [0.25, 0.3) is 72.4 Å². The Labute approximate surface area is 447 Å². The summed E-state index contributed by atoms with van der Waals surface area (Å²) in [6, 6.07) is 99.1. The highest BCUT2D eigenvalue weighted by Gasteiger charge is 2.52. The number of hydrogen-bond acceptors (Lipinski definition) is 2. The molecule has 0 bridgehead atoms. The monoisotopic (exact) mass is 982 g/mol. The van der Waals surface area contributed by atoms with E-state index in [1.165, 1.54) is 94.2 Å². The fourth-order valence-electron chi connectivity index (χ4n) is 13.6. The van der Waals surface area contributed by atoms with Crippen LogP contribution in [0.3, 0.4) is 0 Å². The summed E-state index contributed by atoms with van der Waals surface area (Å²) in [6.45, 7) is 0. The van der Waals surface area contributed by atoms with E-state index in [4.69, 9.17) is 0 Å². The normalized spacial score (nSPS) is 13.4. The van der Waals surface area contributed by atoms with Crippen molar-refractivity contribution in [2.45, 2.75) is 18.3 Å². The Bertz CT molecular complexity index is 4460. The average Bonchev–Trinajstić information content (AvgIpc) is 4.34. The van der Waals surface area contributed by atoms with E-state index in [1.807, 2.05) is 0 Å². The molecular formula is C73H50N4. The van der Waals surface area contributed by atoms with Gasteiger partial charge in [0.25, 0.3) is 0 Å².